The van der Waals surface area contributed by atoms with E-state index < -0.39 is 30.0 Å². The molecule has 6 nitrogen and oxygen atoms in total. The summed E-state index contributed by atoms with van der Waals surface area (Å²) in [4.78, 5) is 25.4. The molecule has 2 amide bonds. The van der Waals surface area contributed by atoms with Gasteiger partial charge in [0.1, 0.15) is 11.9 Å². The molecule has 0 bridgehead atoms. The van der Waals surface area contributed by atoms with Crippen LogP contribution in [0, 0.1) is 5.82 Å². The topological polar surface area (TPSA) is 78.9 Å². The fourth-order valence-corrected chi connectivity index (χ4v) is 3.96. The minimum atomic E-state index is -1.17. The Kier molecular flexibility index (Phi) is 10.8. The van der Waals surface area contributed by atoms with Crippen molar-refractivity contribution in [3.63, 3.8) is 0 Å². The minimum absolute atomic E-state index is 0.0262. The summed E-state index contributed by atoms with van der Waals surface area (Å²) in [5.74, 6) is -1.09. The Balaban J connectivity index is 1.81. The molecule has 2 atom stereocenters. The van der Waals surface area contributed by atoms with Crippen LogP contribution in [-0.2, 0) is 16.1 Å². The van der Waals surface area contributed by atoms with E-state index in [1.54, 1.807) is 6.07 Å². The molecule has 0 unspecified atom stereocenters. The average molecular weight is 455 g/mol. The highest BCUT2D eigenvalue weighted by atomic mass is 35.5. The van der Waals surface area contributed by atoms with Crippen molar-refractivity contribution in [2.24, 2.45) is 0 Å². The number of benzene rings is 1. The molecule has 0 spiro atoms. The molecule has 8 heteroatoms. The molecule has 2 N–H and O–H groups in total. The summed E-state index contributed by atoms with van der Waals surface area (Å²) in [5.41, 5.74) is 0.242. The summed E-state index contributed by atoms with van der Waals surface area (Å²) < 4.78 is 19.9. The third-order valence-electron chi connectivity index (χ3n) is 5.48. The van der Waals surface area contributed by atoms with Crippen LogP contribution in [0.4, 0.5) is 9.18 Å². The van der Waals surface area contributed by atoms with Gasteiger partial charge in [0.2, 0.25) is 5.91 Å². The van der Waals surface area contributed by atoms with Crippen molar-refractivity contribution in [1.29, 1.82) is 0 Å². The molecule has 0 saturated carbocycles. The van der Waals surface area contributed by atoms with Gasteiger partial charge in [-0.1, -0.05) is 55.5 Å². The predicted octanol–water partition coefficient (Wildman–Crippen LogP) is 5.15. The number of halogens is 2. The van der Waals surface area contributed by atoms with Crippen molar-refractivity contribution >= 4 is 23.6 Å². The van der Waals surface area contributed by atoms with Crippen molar-refractivity contribution < 1.29 is 23.8 Å². The van der Waals surface area contributed by atoms with Gasteiger partial charge in [0.25, 0.3) is 0 Å². The summed E-state index contributed by atoms with van der Waals surface area (Å²) in [6, 6.07) is 3.60. The highest BCUT2D eigenvalue weighted by Gasteiger charge is 2.42. The number of hydrogen-bond donors (Lipinski definition) is 2. The van der Waals surface area contributed by atoms with Crippen LogP contribution in [0.3, 0.4) is 0 Å². The Morgan fingerprint density at radius 3 is 2.68 bits per heavy atom. The highest BCUT2D eigenvalue weighted by molar-refractivity contribution is 6.30. The quantitative estimate of drug-likeness (QED) is 0.319. The lowest BCUT2D eigenvalue weighted by Gasteiger charge is -2.25. The van der Waals surface area contributed by atoms with Crippen molar-refractivity contribution in [2.75, 3.05) is 13.2 Å². The van der Waals surface area contributed by atoms with E-state index in [9.17, 15) is 19.1 Å². The molecule has 1 aliphatic rings. The summed E-state index contributed by atoms with van der Waals surface area (Å²) >= 11 is 5.77. The van der Waals surface area contributed by atoms with Crippen LogP contribution >= 0.6 is 11.6 Å². The molecular weight excluding hydrogens is 423 g/mol. The lowest BCUT2D eigenvalue weighted by Crippen LogP contribution is -2.50. The summed E-state index contributed by atoms with van der Waals surface area (Å²) in [6.45, 7) is 4.36. The Morgan fingerprint density at radius 2 is 1.97 bits per heavy atom. The zero-order valence-electron chi connectivity index (χ0n) is 17.8. The Bertz CT molecular complexity index is 746. The van der Waals surface area contributed by atoms with Gasteiger partial charge in [0.05, 0.1) is 11.1 Å². The first-order valence-electron chi connectivity index (χ1n) is 10.9. The van der Waals surface area contributed by atoms with Crippen LogP contribution in [0.2, 0.25) is 5.02 Å². The van der Waals surface area contributed by atoms with E-state index >= 15 is 0 Å². The second-order valence-corrected chi connectivity index (χ2v) is 8.16. The first-order chi connectivity index (χ1) is 15.0. The Hall–Kier alpha value is -2.12. The average Bonchev–Trinajstić information content (AvgIpc) is 3.18. The van der Waals surface area contributed by atoms with E-state index in [-0.39, 0.29) is 23.7 Å². The number of carbonyl (C=O) groups is 2. The van der Waals surface area contributed by atoms with E-state index in [0.29, 0.717) is 13.0 Å². The molecule has 2 rings (SSSR count). The SMILES string of the molecule is C=CCCCCCCCCO[C@@H]1CCN(C(=O)O)[C@@H]1C(=O)NCc1cccc(Cl)c1F. The fourth-order valence-electron chi connectivity index (χ4n) is 3.77. The molecule has 1 aromatic carbocycles. The minimum Gasteiger partial charge on any atom is -0.465 e. The number of carboxylic acid groups (broad SMARTS) is 1. The van der Waals surface area contributed by atoms with Crippen molar-refractivity contribution in [1.82, 2.24) is 10.2 Å². The third kappa shape index (κ3) is 7.82. The Labute approximate surface area is 188 Å². The lowest BCUT2D eigenvalue weighted by molar-refractivity contribution is -0.129. The summed E-state index contributed by atoms with van der Waals surface area (Å²) in [5, 5.41) is 12.1. The van der Waals surface area contributed by atoms with E-state index in [2.05, 4.69) is 11.9 Å². The number of nitrogens with zero attached hydrogens (tertiary/aromatic N) is 1. The van der Waals surface area contributed by atoms with Crippen molar-refractivity contribution in [3.05, 3.63) is 47.3 Å². The number of carbonyl (C=O) groups excluding carboxylic acids is 1. The van der Waals surface area contributed by atoms with E-state index in [1.165, 1.54) is 31.4 Å². The standard InChI is InChI=1S/C23H32ClFN2O4/c1-2-3-4-5-6-7-8-9-15-31-19-13-14-27(23(29)30)21(19)22(28)26-16-17-11-10-12-18(24)20(17)25/h2,10-12,19,21H,1,3-9,13-16H2,(H,26,28)(H,29,30)/t19-,21+/m1/s1. The molecule has 172 valence electrons. The number of rotatable bonds is 13. The first kappa shape index (κ1) is 25.1. The molecule has 1 fully saturated rings. The maximum Gasteiger partial charge on any atom is 0.408 e. The van der Waals surface area contributed by atoms with Crippen LogP contribution in [0.5, 0.6) is 0 Å². The number of unbranched alkanes of at least 4 members (excludes halogenated alkanes) is 6. The second-order valence-electron chi connectivity index (χ2n) is 7.75. The third-order valence-corrected chi connectivity index (χ3v) is 5.77. The molecule has 1 heterocycles. The number of ether oxygens (including phenoxy) is 1. The molecule has 0 aromatic heterocycles. The first-order valence-corrected chi connectivity index (χ1v) is 11.3. The molecular formula is C23H32ClFN2O4. The van der Waals surface area contributed by atoms with Gasteiger partial charge in [0, 0.05) is 25.3 Å². The normalized spacial score (nSPS) is 18.2. The van der Waals surface area contributed by atoms with Crippen LogP contribution in [-0.4, -0.2) is 47.3 Å². The van der Waals surface area contributed by atoms with Gasteiger partial charge < -0.3 is 15.2 Å². The maximum absolute atomic E-state index is 14.0. The second kappa shape index (κ2) is 13.3. The Morgan fingerprint density at radius 1 is 1.26 bits per heavy atom. The van der Waals surface area contributed by atoms with E-state index in [4.69, 9.17) is 16.3 Å². The van der Waals surface area contributed by atoms with Gasteiger partial charge in [-0.15, -0.1) is 6.58 Å². The largest absolute Gasteiger partial charge is 0.465 e. The number of allylic oxidation sites excluding steroid dienone is 1. The molecule has 1 saturated heterocycles. The van der Waals surface area contributed by atoms with Gasteiger partial charge in [-0.3, -0.25) is 9.69 Å². The summed E-state index contributed by atoms with van der Waals surface area (Å²) in [7, 11) is 0. The fraction of sp³-hybridized carbons (Fsp3) is 0.565. The van der Waals surface area contributed by atoms with E-state index in [0.717, 1.165) is 30.6 Å². The van der Waals surface area contributed by atoms with E-state index in [1.807, 2.05) is 6.08 Å². The van der Waals surface area contributed by atoms with Gasteiger partial charge in [-0.2, -0.15) is 0 Å². The van der Waals surface area contributed by atoms with Crippen molar-refractivity contribution in [3.8, 4) is 0 Å². The smallest absolute Gasteiger partial charge is 0.408 e. The van der Waals surface area contributed by atoms with Crippen LogP contribution in [0.1, 0.15) is 56.9 Å². The number of likely N-dealkylation sites (tertiary alicyclic amines) is 1. The summed E-state index contributed by atoms with van der Waals surface area (Å²) in [6.07, 6.45) is 8.34. The van der Waals surface area contributed by atoms with Crippen LogP contribution < -0.4 is 5.32 Å². The van der Waals surface area contributed by atoms with Gasteiger partial charge >= 0.3 is 6.09 Å². The van der Waals surface area contributed by atoms with Gasteiger partial charge in [-0.25, -0.2) is 9.18 Å². The van der Waals surface area contributed by atoms with Crippen LogP contribution in [0.15, 0.2) is 30.9 Å². The number of amides is 2. The monoisotopic (exact) mass is 454 g/mol. The predicted molar refractivity (Wildman–Crippen MR) is 119 cm³/mol. The molecule has 0 radical (unpaired) electrons. The number of hydrogen-bond acceptors (Lipinski definition) is 3. The number of nitrogens with one attached hydrogen (secondary N) is 1. The van der Waals surface area contributed by atoms with Gasteiger partial charge in [-0.05, 0) is 31.7 Å². The molecule has 1 aromatic rings. The maximum atomic E-state index is 14.0. The zero-order chi connectivity index (χ0) is 22.6. The lowest BCUT2D eigenvalue weighted by atomic mass is 10.1. The zero-order valence-corrected chi connectivity index (χ0v) is 18.6. The van der Waals surface area contributed by atoms with Crippen molar-refractivity contribution in [2.45, 2.75) is 70.1 Å². The van der Waals surface area contributed by atoms with Crippen LogP contribution in [0.25, 0.3) is 0 Å². The molecule has 1 aliphatic heterocycles. The molecule has 31 heavy (non-hydrogen) atoms. The van der Waals surface area contributed by atoms with Gasteiger partial charge in [0.15, 0.2) is 0 Å². The highest BCUT2D eigenvalue weighted by Crippen LogP contribution is 2.23. The molecule has 0 aliphatic carbocycles.